The van der Waals surface area contributed by atoms with Crippen LogP contribution in [-0.2, 0) is 26.6 Å². The molecule has 1 aromatic heterocycles. The van der Waals surface area contributed by atoms with E-state index in [1.807, 2.05) is 13.8 Å². The highest BCUT2D eigenvalue weighted by atomic mass is 32.2. The van der Waals surface area contributed by atoms with Gasteiger partial charge in [0.2, 0.25) is 10.0 Å². The van der Waals surface area contributed by atoms with Gasteiger partial charge in [0.15, 0.2) is 6.61 Å². The molecule has 0 fully saturated rings. The van der Waals surface area contributed by atoms with Gasteiger partial charge in [-0.1, -0.05) is 26.0 Å². The van der Waals surface area contributed by atoms with Crippen LogP contribution in [-0.4, -0.2) is 66.9 Å². The molecule has 0 spiro atoms. The molecule has 0 bridgehead atoms. The Kier molecular flexibility index (Phi) is 8.23. The van der Waals surface area contributed by atoms with Crippen molar-refractivity contribution in [2.45, 2.75) is 32.6 Å². The largest absolute Gasteiger partial charge is 0.451 e. The van der Waals surface area contributed by atoms with Crippen LogP contribution in [0.5, 0.6) is 0 Å². The molecule has 0 aromatic carbocycles. The zero-order chi connectivity index (χ0) is 20.8. The Morgan fingerprint density at radius 3 is 2.26 bits per heavy atom. The van der Waals surface area contributed by atoms with Crippen molar-refractivity contribution in [2.24, 2.45) is 7.05 Å². The van der Waals surface area contributed by atoms with Crippen LogP contribution in [0.2, 0.25) is 0 Å². The normalized spacial score (nSPS) is 11.5. The number of hydrogen-bond acceptors (Lipinski definition) is 5. The Bertz CT molecular complexity index is 794. The summed E-state index contributed by atoms with van der Waals surface area (Å²) in [5.74, 6) is -1.09. The first-order chi connectivity index (χ1) is 12.6. The molecule has 0 N–H and O–H groups in total. The van der Waals surface area contributed by atoms with E-state index in [4.69, 9.17) is 4.74 Å². The number of ether oxygens (including phenoxy) is 1. The Hall–Kier alpha value is -2.13. The molecule has 0 aliphatic carbocycles. The maximum atomic E-state index is 12.6. The summed E-state index contributed by atoms with van der Waals surface area (Å²) in [7, 11) is -2.12. The number of carbonyl (C=O) groups excluding carboxylic acids is 2. The zero-order valence-corrected chi connectivity index (χ0v) is 17.5. The van der Waals surface area contributed by atoms with Crippen molar-refractivity contribution >= 4 is 21.9 Å². The van der Waals surface area contributed by atoms with Crippen LogP contribution >= 0.6 is 0 Å². The average Bonchev–Trinajstić information content (AvgIpc) is 3.00. The molecule has 0 radical (unpaired) electrons. The summed E-state index contributed by atoms with van der Waals surface area (Å²) >= 11 is 0. The quantitative estimate of drug-likeness (QED) is 0.441. The van der Waals surface area contributed by atoms with Crippen molar-refractivity contribution in [1.29, 1.82) is 0 Å². The third kappa shape index (κ3) is 5.67. The van der Waals surface area contributed by atoms with Gasteiger partial charge in [0.1, 0.15) is 10.6 Å². The van der Waals surface area contributed by atoms with E-state index in [2.05, 4.69) is 6.58 Å². The monoisotopic (exact) mass is 399 g/mol. The lowest BCUT2D eigenvalue weighted by Gasteiger charge is -2.20. The number of likely N-dealkylation sites (N-methyl/N-ethyl adjacent to an activating group) is 1. The van der Waals surface area contributed by atoms with Crippen LogP contribution in [0.15, 0.2) is 29.3 Å². The second kappa shape index (κ2) is 9.70. The first-order valence-corrected chi connectivity index (χ1v) is 10.3. The summed E-state index contributed by atoms with van der Waals surface area (Å²) in [5, 5.41) is 0. The lowest BCUT2D eigenvalue weighted by atomic mass is 10.3. The molecule has 27 heavy (non-hydrogen) atoms. The predicted molar refractivity (Wildman–Crippen MR) is 103 cm³/mol. The molecule has 1 aromatic rings. The molecule has 1 heterocycles. The second-order valence-corrected chi connectivity index (χ2v) is 8.14. The van der Waals surface area contributed by atoms with Gasteiger partial charge < -0.3 is 14.2 Å². The van der Waals surface area contributed by atoms with Gasteiger partial charge in [-0.15, -0.1) is 0 Å². The topological polar surface area (TPSA) is 88.9 Å². The first kappa shape index (κ1) is 22.9. The first-order valence-electron chi connectivity index (χ1n) is 8.84. The zero-order valence-electron chi connectivity index (χ0n) is 16.7. The fourth-order valence-electron chi connectivity index (χ4n) is 2.59. The molecular weight excluding hydrogens is 370 g/mol. The number of carbonyl (C=O) groups is 2. The highest BCUT2D eigenvalue weighted by Gasteiger charge is 2.26. The summed E-state index contributed by atoms with van der Waals surface area (Å²) in [5.41, 5.74) is 0.890. The molecule has 8 nitrogen and oxygen atoms in total. The molecule has 9 heteroatoms. The van der Waals surface area contributed by atoms with Crippen LogP contribution in [0.25, 0.3) is 0 Å². The summed E-state index contributed by atoms with van der Waals surface area (Å²) < 4.78 is 32.9. The van der Waals surface area contributed by atoms with E-state index < -0.39 is 22.6 Å². The summed E-state index contributed by atoms with van der Waals surface area (Å²) in [6.45, 7) is 12.0. The van der Waals surface area contributed by atoms with E-state index >= 15 is 0 Å². The van der Waals surface area contributed by atoms with Crippen LogP contribution in [0.3, 0.4) is 0 Å². The predicted octanol–water partition coefficient (Wildman–Crippen LogP) is 1.64. The van der Waals surface area contributed by atoms with Crippen LogP contribution in [0.4, 0.5) is 0 Å². The Balaban J connectivity index is 2.90. The standard InChI is InChI=1S/C18H29N3O5S/c1-7-20(11-14(4)5)17(22)13-26-18(23)16-10-15(12-19(16)6)27(24,25)21(8-2)9-3/h10,12H,4,7-9,11,13H2,1-3,5-6H3. The highest BCUT2D eigenvalue weighted by Crippen LogP contribution is 2.19. The van der Waals surface area contributed by atoms with Crippen molar-refractivity contribution in [3.63, 3.8) is 0 Å². The van der Waals surface area contributed by atoms with Crippen molar-refractivity contribution in [3.8, 4) is 0 Å². The number of aryl methyl sites for hydroxylation is 1. The number of rotatable bonds is 10. The van der Waals surface area contributed by atoms with Gasteiger partial charge >= 0.3 is 5.97 Å². The minimum Gasteiger partial charge on any atom is -0.451 e. The minimum atomic E-state index is -3.68. The lowest BCUT2D eigenvalue weighted by Crippen LogP contribution is -2.35. The van der Waals surface area contributed by atoms with E-state index in [-0.39, 0.29) is 16.5 Å². The van der Waals surface area contributed by atoms with Crippen molar-refractivity contribution in [2.75, 3.05) is 32.8 Å². The lowest BCUT2D eigenvalue weighted by molar-refractivity contribution is -0.133. The second-order valence-electron chi connectivity index (χ2n) is 6.20. The molecule has 0 atom stereocenters. The van der Waals surface area contributed by atoms with Gasteiger partial charge in [0.25, 0.3) is 5.91 Å². The van der Waals surface area contributed by atoms with Gasteiger partial charge in [-0.05, 0) is 19.9 Å². The Morgan fingerprint density at radius 2 is 1.78 bits per heavy atom. The maximum absolute atomic E-state index is 12.6. The van der Waals surface area contributed by atoms with E-state index in [1.54, 1.807) is 20.9 Å². The van der Waals surface area contributed by atoms with Gasteiger partial charge in [0, 0.05) is 39.4 Å². The molecule has 0 saturated carbocycles. The van der Waals surface area contributed by atoms with E-state index in [0.717, 1.165) is 5.57 Å². The number of esters is 1. The molecule has 1 amide bonds. The van der Waals surface area contributed by atoms with Crippen molar-refractivity contribution in [1.82, 2.24) is 13.8 Å². The van der Waals surface area contributed by atoms with Gasteiger partial charge in [0.05, 0.1) is 0 Å². The minimum absolute atomic E-state index is 0.0180. The van der Waals surface area contributed by atoms with Crippen molar-refractivity contribution < 1.29 is 22.7 Å². The maximum Gasteiger partial charge on any atom is 0.355 e. The van der Waals surface area contributed by atoms with E-state index in [0.29, 0.717) is 26.2 Å². The molecule has 152 valence electrons. The SMILES string of the molecule is C=C(C)CN(CC)C(=O)COC(=O)c1cc(S(=O)(=O)N(CC)CC)cn1C. The molecule has 0 aliphatic rings. The molecule has 0 unspecified atom stereocenters. The summed E-state index contributed by atoms with van der Waals surface area (Å²) in [6.07, 6.45) is 1.37. The van der Waals surface area contributed by atoms with Gasteiger partial charge in [-0.25, -0.2) is 13.2 Å². The molecule has 1 rings (SSSR count). The van der Waals surface area contributed by atoms with Crippen LogP contribution in [0.1, 0.15) is 38.2 Å². The summed E-state index contributed by atoms with van der Waals surface area (Å²) in [4.78, 5) is 26.0. The average molecular weight is 400 g/mol. The third-order valence-electron chi connectivity index (χ3n) is 4.05. The third-order valence-corrected chi connectivity index (χ3v) is 6.07. The molecule has 0 aliphatic heterocycles. The van der Waals surface area contributed by atoms with Crippen molar-refractivity contribution in [3.05, 3.63) is 30.1 Å². The van der Waals surface area contributed by atoms with E-state index in [1.165, 1.54) is 26.0 Å². The Morgan fingerprint density at radius 1 is 1.19 bits per heavy atom. The molecule has 0 saturated heterocycles. The fraction of sp³-hybridized carbons (Fsp3) is 0.556. The number of nitrogens with zero attached hydrogens (tertiary/aromatic N) is 3. The number of aromatic nitrogens is 1. The van der Waals surface area contributed by atoms with Crippen LogP contribution in [0, 0.1) is 0 Å². The number of amides is 1. The van der Waals surface area contributed by atoms with Gasteiger partial charge in [-0.2, -0.15) is 4.31 Å². The van der Waals surface area contributed by atoms with Crippen LogP contribution < -0.4 is 0 Å². The highest BCUT2D eigenvalue weighted by molar-refractivity contribution is 7.89. The van der Waals surface area contributed by atoms with Gasteiger partial charge in [-0.3, -0.25) is 4.79 Å². The fourth-order valence-corrected chi connectivity index (χ4v) is 4.12. The number of sulfonamides is 1. The Labute approximate surface area is 161 Å². The van der Waals surface area contributed by atoms with E-state index in [9.17, 15) is 18.0 Å². The number of hydrogen-bond donors (Lipinski definition) is 0. The molecular formula is C18H29N3O5S. The summed E-state index contributed by atoms with van der Waals surface area (Å²) in [6, 6.07) is 1.27. The smallest absolute Gasteiger partial charge is 0.355 e.